The van der Waals surface area contributed by atoms with Crippen molar-refractivity contribution in [1.29, 1.82) is 0 Å². The summed E-state index contributed by atoms with van der Waals surface area (Å²) in [5, 5.41) is 11.2. The van der Waals surface area contributed by atoms with Gasteiger partial charge in [0.05, 0.1) is 6.54 Å². The highest BCUT2D eigenvalue weighted by Crippen LogP contribution is 2.12. The molecule has 0 spiro atoms. The van der Waals surface area contributed by atoms with Gasteiger partial charge in [0.2, 0.25) is 0 Å². The van der Waals surface area contributed by atoms with Crippen LogP contribution in [0.5, 0.6) is 0 Å². The number of nitrogens with zero attached hydrogens (tertiary/aromatic N) is 2. The first-order chi connectivity index (χ1) is 8.83. The second kappa shape index (κ2) is 4.33. The Balaban J connectivity index is 1.91. The van der Waals surface area contributed by atoms with Crippen molar-refractivity contribution in [3.63, 3.8) is 0 Å². The van der Waals surface area contributed by atoms with Crippen LogP contribution in [-0.4, -0.2) is 20.2 Å². The summed E-state index contributed by atoms with van der Waals surface area (Å²) < 4.78 is 0. The van der Waals surface area contributed by atoms with Crippen LogP contribution in [0.25, 0.3) is 10.8 Å². The highest BCUT2D eigenvalue weighted by molar-refractivity contribution is 5.83. The lowest BCUT2D eigenvalue weighted by Crippen LogP contribution is -2.11. The highest BCUT2D eigenvalue weighted by Gasteiger charge is 2.01. The van der Waals surface area contributed by atoms with Gasteiger partial charge in [0, 0.05) is 5.39 Å². The molecule has 90 valence electrons. The normalized spacial score (nSPS) is 10.7. The first kappa shape index (κ1) is 10.5. The smallest absolute Gasteiger partial charge is 0.257 e. The summed E-state index contributed by atoms with van der Waals surface area (Å²) in [6, 6.07) is 9.35. The van der Waals surface area contributed by atoms with Crippen molar-refractivity contribution in [2.24, 2.45) is 0 Å². The molecule has 0 aliphatic rings. The van der Waals surface area contributed by atoms with Crippen molar-refractivity contribution in [1.82, 2.24) is 20.2 Å². The zero-order valence-electron chi connectivity index (χ0n) is 9.47. The molecule has 0 unspecified atom stereocenters. The van der Waals surface area contributed by atoms with Gasteiger partial charge in [0.1, 0.15) is 18.0 Å². The van der Waals surface area contributed by atoms with Gasteiger partial charge >= 0.3 is 0 Å². The van der Waals surface area contributed by atoms with Crippen molar-refractivity contribution in [2.45, 2.75) is 6.54 Å². The average Bonchev–Trinajstić information content (AvgIpc) is 2.90. The van der Waals surface area contributed by atoms with Crippen LogP contribution in [0.3, 0.4) is 0 Å². The van der Waals surface area contributed by atoms with E-state index in [1.165, 1.54) is 6.33 Å². The maximum Gasteiger partial charge on any atom is 0.257 e. The Morgan fingerprint density at radius 3 is 3.00 bits per heavy atom. The number of rotatable bonds is 3. The molecule has 3 N–H and O–H groups in total. The van der Waals surface area contributed by atoms with Crippen molar-refractivity contribution in [3.05, 3.63) is 52.8 Å². The molecule has 0 amide bonds. The molecule has 0 aliphatic heterocycles. The lowest BCUT2D eigenvalue weighted by atomic mass is 10.2. The van der Waals surface area contributed by atoms with Crippen LogP contribution >= 0.6 is 0 Å². The summed E-state index contributed by atoms with van der Waals surface area (Å²) >= 11 is 0. The van der Waals surface area contributed by atoms with Crippen LogP contribution in [0.2, 0.25) is 0 Å². The van der Waals surface area contributed by atoms with Gasteiger partial charge in [0.15, 0.2) is 0 Å². The van der Waals surface area contributed by atoms with Crippen molar-refractivity contribution in [2.75, 3.05) is 5.32 Å². The standard InChI is InChI=1S/C12H11N5O/c18-12-9-4-2-1-3-8(9)5-10(16-12)13-6-11-14-7-15-17-11/h1-5,7H,6H2,(H2,13,16,18)(H,14,15,17). The molecule has 1 aromatic carbocycles. The number of benzene rings is 1. The highest BCUT2D eigenvalue weighted by atomic mass is 16.1. The third-order valence-electron chi connectivity index (χ3n) is 2.66. The molecule has 0 radical (unpaired) electrons. The van der Waals surface area contributed by atoms with Gasteiger partial charge in [-0.2, -0.15) is 5.10 Å². The second-order valence-electron chi connectivity index (χ2n) is 3.89. The predicted octanol–water partition coefficient (Wildman–Crippen LogP) is 1.26. The van der Waals surface area contributed by atoms with E-state index in [0.717, 1.165) is 5.39 Å². The number of hydrogen-bond acceptors (Lipinski definition) is 4. The molecule has 3 rings (SSSR count). The molecule has 0 atom stereocenters. The predicted molar refractivity (Wildman–Crippen MR) is 68.3 cm³/mol. The molecule has 0 saturated carbocycles. The third kappa shape index (κ3) is 1.95. The monoisotopic (exact) mass is 241 g/mol. The number of aromatic amines is 2. The van der Waals surface area contributed by atoms with E-state index in [1.807, 2.05) is 24.3 Å². The summed E-state index contributed by atoms with van der Waals surface area (Å²) in [4.78, 5) is 18.6. The number of pyridine rings is 1. The van der Waals surface area contributed by atoms with Gasteiger partial charge in [-0.1, -0.05) is 18.2 Å². The summed E-state index contributed by atoms with van der Waals surface area (Å²) in [6.45, 7) is 0.480. The number of anilines is 1. The zero-order chi connectivity index (χ0) is 12.4. The van der Waals surface area contributed by atoms with Gasteiger partial charge in [0.25, 0.3) is 5.56 Å². The van der Waals surface area contributed by atoms with Gasteiger partial charge in [-0.25, -0.2) is 4.98 Å². The Kier molecular flexibility index (Phi) is 2.53. The first-order valence-electron chi connectivity index (χ1n) is 5.53. The van der Waals surface area contributed by atoms with Gasteiger partial charge in [-0.15, -0.1) is 0 Å². The number of H-pyrrole nitrogens is 2. The Morgan fingerprint density at radius 2 is 2.17 bits per heavy atom. The van der Waals surface area contributed by atoms with Crippen LogP contribution in [-0.2, 0) is 6.54 Å². The Morgan fingerprint density at radius 1 is 1.28 bits per heavy atom. The minimum absolute atomic E-state index is 0.104. The van der Waals surface area contributed by atoms with E-state index < -0.39 is 0 Å². The number of hydrogen-bond donors (Lipinski definition) is 3. The molecule has 3 aromatic rings. The summed E-state index contributed by atoms with van der Waals surface area (Å²) in [5.74, 6) is 1.37. The van der Waals surface area contributed by atoms with Crippen LogP contribution in [0.4, 0.5) is 5.82 Å². The molecule has 18 heavy (non-hydrogen) atoms. The number of fused-ring (bicyclic) bond motifs is 1. The van der Waals surface area contributed by atoms with Crippen molar-refractivity contribution < 1.29 is 0 Å². The SMILES string of the molecule is O=c1[nH]c(NCc2ncn[nH]2)cc2ccccc12. The van der Waals surface area contributed by atoms with E-state index in [2.05, 4.69) is 25.5 Å². The van der Waals surface area contributed by atoms with E-state index >= 15 is 0 Å². The molecule has 2 aromatic heterocycles. The van der Waals surface area contributed by atoms with Crippen LogP contribution in [0.1, 0.15) is 5.82 Å². The largest absolute Gasteiger partial charge is 0.364 e. The van der Waals surface area contributed by atoms with E-state index in [-0.39, 0.29) is 5.56 Å². The van der Waals surface area contributed by atoms with Crippen molar-refractivity contribution in [3.8, 4) is 0 Å². The summed E-state index contributed by atoms with van der Waals surface area (Å²) in [6.07, 6.45) is 1.44. The molecular weight excluding hydrogens is 230 g/mol. The fraction of sp³-hybridized carbons (Fsp3) is 0.0833. The van der Waals surface area contributed by atoms with Gasteiger partial charge in [-0.3, -0.25) is 9.89 Å². The molecule has 0 aliphatic carbocycles. The minimum Gasteiger partial charge on any atom is -0.364 e. The number of aromatic nitrogens is 4. The molecular formula is C12H11N5O. The molecule has 0 saturated heterocycles. The molecule has 0 fully saturated rings. The van der Waals surface area contributed by atoms with Crippen LogP contribution in [0, 0.1) is 0 Å². The van der Waals surface area contributed by atoms with E-state index in [0.29, 0.717) is 23.6 Å². The zero-order valence-corrected chi connectivity index (χ0v) is 9.47. The average molecular weight is 241 g/mol. The lowest BCUT2D eigenvalue weighted by molar-refractivity contribution is 0.947. The third-order valence-corrected chi connectivity index (χ3v) is 2.66. The Labute approximate surface area is 102 Å². The van der Waals surface area contributed by atoms with Crippen LogP contribution in [0.15, 0.2) is 41.5 Å². The van der Waals surface area contributed by atoms with Gasteiger partial charge in [-0.05, 0) is 17.5 Å². The fourth-order valence-electron chi connectivity index (χ4n) is 1.80. The lowest BCUT2D eigenvalue weighted by Gasteiger charge is -2.05. The Bertz CT molecular complexity index is 717. The fourth-order valence-corrected chi connectivity index (χ4v) is 1.80. The molecule has 2 heterocycles. The Hall–Kier alpha value is -2.63. The molecule has 0 bridgehead atoms. The van der Waals surface area contributed by atoms with Crippen molar-refractivity contribution >= 4 is 16.6 Å². The maximum atomic E-state index is 11.8. The quantitative estimate of drug-likeness (QED) is 0.644. The topological polar surface area (TPSA) is 86.5 Å². The summed E-state index contributed by atoms with van der Waals surface area (Å²) in [5.41, 5.74) is -0.104. The minimum atomic E-state index is -0.104. The van der Waals surface area contributed by atoms with E-state index in [4.69, 9.17) is 0 Å². The van der Waals surface area contributed by atoms with E-state index in [9.17, 15) is 4.79 Å². The summed E-state index contributed by atoms with van der Waals surface area (Å²) in [7, 11) is 0. The number of nitrogens with one attached hydrogen (secondary N) is 3. The second-order valence-corrected chi connectivity index (χ2v) is 3.89. The molecule has 6 nitrogen and oxygen atoms in total. The van der Waals surface area contributed by atoms with Crippen LogP contribution < -0.4 is 10.9 Å². The molecule has 6 heteroatoms. The van der Waals surface area contributed by atoms with Gasteiger partial charge < -0.3 is 10.3 Å². The first-order valence-corrected chi connectivity index (χ1v) is 5.53. The maximum absolute atomic E-state index is 11.8. The van der Waals surface area contributed by atoms with E-state index in [1.54, 1.807) is 6.07 Å².